The summed E-state index contributed by atoms with van der Waals surface area (Å²) in [5.41, 5.74) is 5.70. The zero-order valence-corrected chi connectivity index (χ0v) is 11.1. The third-order valence-electron chi connectivity index (χ3n) is 4.24. The maximum Gasteiger partial charge on any atom is 0.0594 e. The minimum Gasteiger partial charge on any atom is -0.379 e. The van der Waals surface area contributed by atoms with Crippen molar-refractivity contribution in [1.29, 1.82) is 0 Å². The lowest BCUT2D eigenvalue weighted by Crippen LogP contribution is -2.45. The van der Waals surface area contributed by atoms with E-state index < -0.39 is 0 Å². The molecule has 4 heteroatoms. The van der Waals surface area contributed by atoms with Crippen LogP contribution in [0.2, 0.25) is 0 Å². The van der Waals surface area contributed by atoms with Crippen molar-refractivity contribution in [1.82, 2.24) is 9.80 Å². The number of hydrogen-bond donors (Lipinski definition) is 1. The Bertz CT molecular complexity index is 208. The van der Waals surface area contributed by atoms with Crippen molar-refractivity contribution in [2.24, 2.45) is 5.73 Å². The molecule has 0 aromatic carbocycles. The predicted molar refractivity (Wildman–Crippen MR) is 70.1 cm³/mol. The zero-order chi connectivity index (χ0) is 12.1. The highest BCUT2D eigenvalue weighted by Gasteiger charge is 2.31. The van der Waals surface area contributed by atoms with E-state index in [1.807, 2.05) is 0 Å². The van der Waals surface area contributed by atoms with Gasteiger partial charge in [0.15, 0.2) is 0 Å². The van der Waals surface area contributed by atoms with E-state index >= 15 is 0 Å². The molecule has 2 atom stereocenters. The largest absolute Gasteiger partial charge is 0.379 e. The molecule has 0 aromatic heterocycles. The molecule has 0 aromatic rings. The van der Waals surface area contributed by atoms with Gasteiger partial charge in [0, 0.05) is 38.3 Å². The van der Waals surface area contributed by atoms with Crippen molar-refractivity contribution < 1.29 is 4.74 Å². The number of ether oxygens (including phenoxy) is 1. The Morgan fingerprint density at radius 1 is 1.29 bits per heavy atom. The number of nitrogens with zero attached hydrogens (tertiary/aromatic N) is 2. The average Bonchev–Trinajstić information content (AvgIpc) is 2.86. The Labute approximate surface area is 105 Å². The number of hydrogen-bond acceptors (Lipinski definition) is 4. The quantitative estimate of drug-likeness (QED) is 0.762. The van der Waals surface area contributed by atoms with Gasteiger partial charge in [0.2, 0.25) is 0 Å². The first-order valence-corrected chi connectivity index (χ1v) is 7.11. The molecule has 2 aliphatic heterocycles. The van der Waals surface area contributed by atoms with E-state index in [1.165, 1.54) is 25.9 Å². The summed E-state index contributed by atoms with van der Waals surface area (Å²) in [7, 11) is 0. The van der Waals surface area contributed by atoms with Crippen LogP contribution in [0, 0.1) is 0 Å². The third-order valence-corrected chi connectivity index (χ3v) is 4.24. The van der Waals surface area contributed by atoms with Crippen molar-refractivity contribution in [3.63, 3.8) is 0 Å². The number of likely N-dealkylation sites (tertiary alicyclic amines) is 1. The Morgan fingerprint density at radius 2 is 2.06 bits per heavy atom. The Hall–Kier alpha value is -0.160. The molecule has 0 amide bonds. The molecule has 2 saturated heterocycles. The van der Waals surface area contributed by atoms with E-state index in [4.69, 9.17) is 10.5 Å². The highest BCUT2D eigenvalue weighted by molar-refractivity contribution is 4.87. The molecule has 2 heterocycles. The fourth-order valence-electron chi connectivity index (χ4n) is 3.18. The minimum atomic E-state index is 0.700. The van der Waals surface area contributed by atoms with E-state index in [2.05, 4.69) is 16.7 Å². The van der Waals surface area contributed by atoms with Crippen LogP contribution < -0.4 is 5.73 Å². The first-order chi connectivity index (χ1) is 8.35. The molecule has 2 N–H and O–H groups in total. The van der Waals surface area contributed by atoms with E-state index in [0.29, 0.717) is 6.04 Å². The molecule has 100 valence electrons. The zero-order valence-electron chi connectivity index (χ0n) is 11.1. The number of rotatable bonds is 5. The maximum absolute atomic E-state index is 5.70. The number of morpholine rings is 1. The summed E-state index contributed by atoms with van der Waals surface area (Å²) in [4.78, 5) is 5.26. The summed E-state index contributed by atoms with van der Waals surface area (Å²) in [5, 5.41) is 0. The lowest BCUT2D eigenvalue weighted by atomic mass is 10.1. The van der Waals surface area contributed by atoms with Gasteiger partial charge in [-0.25, -0.2) is 0 Å². The molecule has 0 spiro atoms. The van der Waals surface area contributed by atoms with Gasteiger partial charge in [-0.1, -0.05) is 6.92 Å². The van der Waals surface area contributed by atoms with E-state index in [1.54, 1.807) is 0 Å². The smallest absolute Gasteiger partial charge is 0.0594 e. The first kappa shape index (κ1) is 13.3. The van der Waals surface area contributed by atoms with E-state index in [0.717, 1.165) is 45.3 Å². The molecule has 0 radical (unpaired) electrons. The molecular weight excluding hydrogens is 214 g/mol. The summed E-state index contributed by atoms with van der Waals surface area (Å²) >= 11 is 0. The topological polar surface area (TPSA) is 41.7 Å². The second-order valence-electron chi connectivity index (χ2n) is 5.23. The standard InChI is InChI=1S/C13H27N3O/c1-2-12(3-5-14)16-6-4-13(11-16)15-7-9-17-10-8-15/h12-13H,2-11,14H2,1H3. The predicted octanol–water partition coefficient (Wildman–Crippen LogP) is 0.520. The molecule has 4 nitrogen and oxygen atoms in total. The molecule has 2 fully saturated rings. The van der Waals surface area contributed by atoms with Crippen molar-refractivity contribution in [3.05, 3.63) is 0 Å². The molecule has 0 bridgehead atoms. The molecule has 2 aliphatic rings. The summed E-state index contributed by atoms with van der Waals surface area (Å²) < 4.78 is 5.42. The van der Waals surface area contributed by atoms with Crippen LogP contribution in [0.1, 0.15) is 26.2 Å². The average molecular weight is 241 g/mol. The second-order valence-corrected chi connectivity index (χ2v) is 5.23. The summed E-state index contributed by atoms with van der Waals surface area (Å²) in [6.45, 7) is 9.64. The normalized spacial score (nSPS) is 29.6. The van der Waals surface area contributed by atoms with Crippen LogP contribution in [0.15, 0.2) is 0 Å². The van der Waals surface area contributed by atoms with Crippen LogP contribution in [-0.4, -0.2) is 67.8 Å². The summed E-state index contributed by atoms with van der Waals surface area (Å²) in [6, 6.07) is 1.46. The molecule has 17 heavy (non-hydrogen) atoms. The summed E-state index contributed by atoms with van der Waals surface area (Å²) in [5.74, 6) is 0. The SMILES string of the molecule is CCC(CCN)N1CCC(N2CCOCC2)C1. The minimum absolute atomic E-state index is 0.700. The Kier molecular flexibility index (Phi) is 5.22. The van der Waals surface area contributed by atoms with Crippen LogP contribution in [0.3, 0.4) is 0 Å². The molecule has 2 unspecified atom stereocenters. The Morgan fingerprint density at radius 3 is 2.71 bits per heavy atom. The van der Waals surface area contributed by atoms with Crippen molar-refractivity contribution in [2.75, 3.05) is 45.9 Å². The van der Waals surface area contributed by atoms with E-state index in [9.17, 15) is 0 Å². The molecule has 2 rings (SSSR count). The van der Waals surface area contributed by atoms with Crippen molar-refractivity contribution in [3.8, 4) is 0 Å². The second kappa shape index (κ2) is 6.69. The van der Waals surface area contributed by atoms with Gasteiger partial charge < -0.3 is 10.5 Å². The van der Waals surface area contributed by atoms with Gasteiger partial charge in [-0.3, -0.25) is 9.80 Å². The molecule has 0 saturated carbocycles. The van der Waals surface area contributed by atoms with Crippen LogP contribution in [0.4, 0.5) is 0 Å². The van der Waals surface area contributed by atoms with E-state index in [-0.39, 0.29) is 0 Å². The van der Waals surface area contributed by atoms with Crippen LogP contribution in [-0.2, 0) is 4.74 Å². The molecule has 0 aliphatic carbocycles. The van der Waals surface area contributed by atoms with Gasteiger partial charge in [-0.15, -0.1) is 0 Å². The van der Waals surface area contributed by atoms with Crippen molar-refractivity contribution in [2.45, 2.75) is 38.3 Å². The monoisotopic (exact) mass is 241 g/mol. The van der Waals surface area contributed by atoms with Gasteiger partial charge in [0.25, 0.3) is 0 Å². The van der Waals surface area contributed by atoms with Crippen LogP contribution in [0.25, 0.3) is 0 Å². The van der Waals surface area contributed by atoms with Crippen LogP contribution in [0.5, 0.6) is 0 Å². The lowest BCUT2D eigenvalue weighted by molar-refractivity contribution is 0.0175. The van der Waals surface area contributed by atoms with Gasteiger partial charge >= 0.3 is 0 Å². The highest BCUT2D eigenvalue weighted by Crippen LogP contribution is 2.21. The Balaban J connectivity index is 1.81. The van der Waals surface area contributed by atoms with Gasteiger partial charge in [-0.2, -0.15) is 0 Å². The fraction of sp³-hybridized carbons (Fsp3) is 1.00. The van der Waals surface area contributed by atoms with Gasteiger partial charge in [-0.05, 0) is 25.8 Å². The van der Waals surface area contributed by atoms with Gasteiger partial charge in [0.1, 0.15) is 0 Å². The fourth-order valence-corrected chi connectivity index (χ4v) is 3.18. The van der Waals surface area contributed by atoms with Crippen LogP contribution >= 0.6 is 0 Å². The maximum atomic E-state index is 5.70. The first-order valence-electron chi connectivity index (χ1n) is 7.11. The molecular formula is C13H27N3O. The third kappa shape index (κ3) is 3.41. The van der Waals surface area contributed by atoms with Gasteiger partial charge in [0.05, 0.1) is 13.2 Å². The van der Waals surface area contributed by atoms with Crippen molar-refractivity contribution >= 4 is 0 Å². The summed E-state index contributed by atoms with van der Waals surface area (Å²) in [6.07, 6.45) is 3.69. The lowest BCUT2D eigenvalue weighted by Gasteiger charge is -2.33. The highest BCUT2D eigenvalue weighted by atomic mass is 16.5. The number of nitrogens with two attached hydrogens (primary N) is 1.